The molecule has 1 aliphatic heterocycles. The van der Waals surface area contributed by atoms with Crippen LogP contribution in [0.5, 0.6) is 0 Å². The molecule has 106 valence electrons. The van der Waals surface area contributed by atoms with Gasteiger partial charge in [-0.25, -0.2) is 4.99 Å². The number of fused-ring (bicyclic) bond motifs is 2. The molecule has 0 spiro atoms. The van der Waals surface area contributed by atoms with Gasteiger partial charge in [0.05, 0.1) is 11.4 Å². The summed E-state index contributed by atoms with van der Waals surface area (Å²) in [5, 5.41) is 5.11. The highest BCUT2D eigenvalue weighted by atomic mass is 79.9. The van der Waals surface area contributed by atoms with Crippen LogP contribution in [0.2, 0.25) is 0 Å². The van der Waals surface area contributed by atoms with Gasteiger partial charge in [-0.2, -0.15) is 0 Å². The molecule has 3 aromatic rings. The van der Waals surface area contributed by atoms with Gasteiger partial charge >= 0.3 is 0 Å². The van der Waals surface area contributed by atoms with Gasteiger partial charge in [-0.15, -0.1) is 0 Å². The number of halogens is 1. The van der Waals surface area contributed by atoms with E-state index < -0.39 is 0 Å². The fourth-order valence-electron chi connectivity index (χ4n) is 2.61. The van der Waals surface area contributed by atoms with Crippen molar-refractivity contribution >= 4 is 49.7 Å². The van der Waals surface area contributed by atoms with Crippen LogP contribution in [0.3, 0.4) is 0 Å². The Bertz CT molecular complexity index is 947. The van der Waals surface area contributed by atoms with E-state index in [1.54, 1.807) is 0 Å². The molecule has 0 fully saturated rings. The number of anilines is 1. The molecule has 1 N–H and O–H groups in total. The molecular weight excluding hydrogens is 340 g/mol. The normalized spacial score (nSPS) is 15.1. The molecule has 0 bridgehead atoms. The van der Waals surface area contributed by atoms with Gasteiger partial charge in [0.15, 0.2) is 0 Å². The lowest BCUT2D eigenvalue weighted by Gasteiger charge is -2.01. The molecule has 0 aromatic heterocycles. The maximum absolute atomic E-state index is 12.2. The maximum atomic E-state index is 12.2. The number of carbonyl (C=O) groups excluding carboxylic acids is 1. The van der Waals surface area contributed by atoms with Gasteiger partial charge in [-0.1, -0.05) is 46.3 Å². The number of amides is 1. The number of nitrogens with zero attached hydrogens (tertiary/aromatic N) is 1. The molecule has 1 heterocycles. The summed E-state index contributed by atoms with van der Waals surface area (Å²) >= 11 is 3.44. The minimum Gasteiger partial charge on any atom is -0.320 e. The average Bonchev–Trinajstić information content (AvgIpc) is 2.83. The second kappa shape index (κ2) is 5.07. The first kappa shape index (κ1) is 13.2. The van der Waals surface area contributed by atoms with Crippen molar-refractivity contribution < 1.29 is 4.79 Å². The molecule has 22 heavy (non-hydrogen) atoms. The van der Waals surface area contributed by atoms with E-state index in [1.807, 2.05) is 54.6 Å². The summed E-state index contributed by atoms with van der Waals surface area (Å²) in [6.07, 6.45) is 0. The van der Waals surface area contributed by atoms with Crippen molar-refractivity contribution in [2.75, 3.05) is 5.32 Å². The second-order valence-electron chi connectivity index (χ2n) is 5.14. The van der Waals surface area contributed by atoms with Crippen LogP contribution >= 0.6 is 15.9 Å². The highest BCUT2D eigenvalue weighted by Crippen LogP contribution is 2.29. The Kier molecular flexibility index (Phi) is 3.05. The number of hydrogen-bond donors (Lipinski definition) is 1. The minimum absolute atomic E-state index is 0.166. The number of hydrogen-bond acceptors (Lipinski definition) is 2. The maximum Gasteiger partial charge on any atom is 0.275 e. The van der Waals surface area contributed by atoms with Crippen LogP contribution in [0.15, 0.2) is 70.1 Å². The molecule has 0 aliphatic carbocycles. The van der Waals surface area contributed by atoms with E-state index >= 15 is 0 Å². The number of rotatable bonds is 1. The van der Waals surface area contributed by atoms with Crippen molar-refractivity contribution in [3.8, 4) is 0 Å². The van der Waals surface area contributed by atoms with Gasteiger partial charge in [0.2, 0.25) is 0 Å². The first-order valence-corrected chi connectivity index (χ1v) is 7.69. The lowest BCUT2D eigenvalue weighted by Crippen LogP contribution is -2.13. The Labute approximate surface area is 135 Å². The molecule has 3 aromatic carbocycles. The van der Waals surface area contributed by atoms with Crippen LogP contribution in [-0.4, -0.2) is 11.6 Å². The Morgan fingerprint density at radius 1 is 0.909 bits per heavy atom. The summed E-state index contributed by atoms with van der Waals surface area (Å²) < 4.78 is 0.925. The van der Waals surface area contributed by atoms with Crippen LogP contribution in [-0.2, 0) is 4.79 Å². The van der Waals surface area contributed by atoms with E-state index in [4.69, 9.17) is 0 Å². The zero-order valence-electron chi connectivity index (χ0n) is 11.5. The van der Waals surface area contributed by atoms with Crippen molar-refractivity contribution in [3.05, 3.63) is 70.7 Å². The second-order valence-corrected chi connectivity index (χ2v) is 6.05. The third-order valence-electron chi connectivity index (χ3n) is 3.67. The Balaban J connectivity index is 1.85. The Morgan fingerprint density at radius 2 is 1.73 bits per heavy atom. The lowest BCUT2D eigenvalue weighted by molar-refractivity contribution is -0.110. The predicted molar refractivity (Wildman–Crippen MR) is 92.9 cm³/mol. The van der Waals surface area contributed by atoms with Crippen LogP contribution in [0.1, 0.15) is 5.56 Å². The van der Waals surface area contributed by atoms with Crippen molar-refractivity contribution in [1.29, 1.82) is 0 Å². The Morgan fingerprint density at radius 3 is 2.59 bits per heavy atom. The zero-order chi connectivity index (χ0) is 15.1. The number of benzene rings is 3. The Hall–Kier alpha value is -2.46. The van der Waals surface area contributed by atoms with Crippen LogP contribution in [0.25, 0.3) is 10.8 Å². The average molecular weight is 351 g/mol. The molecule has 4 rings (SSSR count). The van der Waals surface area contributed by atoms with Crippen molar-refractivity contribution in [2.45, 2.75) is 0 Å². The third kappa shape index (κ3) is 2.22. The zero-order valence-corrected chi connectivity index (χ0v) is 13.1. The molecule has 0 unspecified atom stereocenters. The van der Waals surface area contributed by atoms with E-state index in [9.17, 15) is 4.79 Å². The van der Waals surface area contributed by atoms with Crippen molar-refractivity contribution in [3.63, 3.8) is 0 Å². The quantitative estimate of drug-likeness (QED) is 0.680. The lowest BCUT2D eigenvalue weighted by atomic mass is 10.1. The smallest absolute Gasteiger partial charge is 0.275 e. The standard InChI is InChI=1S/C18H11BrN2O/c19-13-6-8-16-15(10-13)17(18(22)21-16)20-14-7-5-11-3-1-2-4-12(11)9-14/h1-10H,(H,20,21,22). The molecule has 0 saturated heterocycles. The molecule has 4 heteroatoms. The molecule has 0 saturated carbocycles. The summed E-state index contributed by atoms with van der Waals surface area (Å²) in [6.45, 7) is 0. The van der Waals surface area contributed by atoms with Gasteiger partial charge in [0, 0.05) is 10.0 Å². The topological polar surface area (TPSA) is 41.5 Å². The van der Waals surface area contributed by atoms with E-state index in [-0.39, 0.29) is 5.91 Å². The first-order chi connectivity index (χ1) is 10.7. The summed E-state index contributed by atoms with van der Waals surface area (Å²) in [7, 11) is 0. The molecule has 3 nitrogen and oxygen atoms in total. The molecular formula is C18H11BrN2O. The summed E-state index contributed by atoms with van der Waals surface area (Å²) in [5.41, 5.74) is 2.85. The van der Waals surface area contributed by atoms with Crippen molar-refractivity contribution in [1.82, 2.24) is 0 Å². The summed E-state index contributed by atoms with van der Waals surface area (Å²) in [6, 6.07) is 19.7. The first-order valence-electron chi connectivity index (χ1n) is 6.89. The number of nitrogens with one attached hydrogen (secondary N) is 1. The molecule has 0 atom stereocenters. The van der Waals surface area contributed by atoms with Gasteiger partial charge in [0.1, 0.15) is 5.71 Å². The summed E-state index contributed by atoms with van der Waals surface area (Å²) in [4.78, 5) is 16.7. The minimum atomic E-state index is -0.166. The number of carbonyl (C=O) groups is 1. The van der Waals surface area contributed by atoms with Gasteiger partial charge < -0.3 is 5.32 Å². The monoisotopic (exact) mass is 350 g/mol. The highest BCUT2D eigenvalue weighted by molar-refractivity contribution is 9.10. The molecule has 0 radical (unpaired) electrons. The van der Waals surface area contributed by atoms with Gasteiger partial charge in [0.25, 0.3) is 5.91 Å². The van der Waals surface area contributed by atoms with E-state index in [2.05, 4.69) is 32.3 Å². The number of aliphatic imine (C=N–C) groups is 1. The summed E-state index contributed by atoms with van der Waals surface area (Å²) in [5.74, 6) is -0.166. The fourth-order valence-corrected chi connectivity index (χ4v) is 2.97. The molecule has 1 amide bonds. The third-order valence-corrected chi connectivity index (χ3v) is 4.17. The van der Waals surface area contributed by atoms with Gasteiger partial charge in [-0.05, 0) is 41.1 Å². The van der Waals surface area contributed by atoms with Gasteiger partial charge in [-0.3, -0.25) is 4.79 Å². The SMILES string of the molecule is O=C1Nc2ccc(Br)cc2C1=Nc1ccc2ccccc2c1. The van der Waals surface area contributed by atoms with E-state index in [0.29, 0.717) is 5.71 Å². The molecule has 1 aliphatic rings. The highest BCUT2D eigenvalue weighted by Gasteiger charge is 2.25. The van der Waals surface area contributed by atoms with E-state index in [0.717, 1.165) is 32.2 Å². The fraction of sp³-hybridized carbons (Fsp3) is 0. The largest absolute Gasteiger partial charge is 0.320 e. The van der Waals surface area contributed by atoms with Crippen molar-refractivity contribution in [2.24, 2.45) is 4.99 Å². The van der Waals surface area contributed by atoms with Crippen LogP contribution in [0, 0.1) is 0 Å². The van der Waals surface area contributed by atoms with Crippen LogP contribution in [0.4, 0.5) is 11.4 Å². The van der Waals surface area contributed by atoms with Crippen LogP contribution < -0.4 is 5.32 Å². The predicted octanol–water partition coefficient (Wildman–Crippen LogP) is 4.68. The van der Waals surface area contributed by atoms with E-state index in [1.165, 1.54) is 0 Å².